The third-order valence-corrected chi connectivity index (χ3v) is 5.96. The number of alkyl halides is 3. The van der Waals surface area contributed by atoms with Gasteiger partial charge in [-0.1, -0.05) is 30.7 Å². The molecule has 2 atom stereocenters. The molecule has 33 heavy (non-hydrogen) atoms. The minimum atomic E-state index is -5.19. The van der Waals surface area contributed by atoms with Gasteiger partial charge in [0.1, 0.15) is 5.97 Å². The fourth-order valence-electron chi connectivity index (χ4n) is 4.36. The lowest BCUT2D eigenvalue weighted by molar-refractivity contribution is -0.360. The number of allylic oxidation sites excluding steroid dienone is 1. The predicted molar refractivity (Wildman–Crippen MR) is 118 cm³/mol. The van der Waals surface area contributed by atoms with E-state index in [1.165, 1.54) is 16.8 Å². The normalized spacial score (nSPS) is 18.8. The van der Waals surface area contributed by atoms with Crippen molar-refractivity contribution in [3.05, 3.63) is 46.1 Å². The average Bonchev–Trinajstić information content (AvgIpc) is 2.66. The Morgan fingerprint density at radius 1 is 1.27 bits per heavy atom. The number of nitrogens with zero attached hydrogens (tertiary/aromatic N) is 1. The summed E-state index contributed by atoms with van der Waals surface area (Å²) in [5, 5.41) is 10.5. The van der Waals surface area contributed by atoms with Crippen molar-refractivity contribution < 1.29 is 32.9 Å². The van der Waals surface area contributed by atoms with Crippen LogP contribution in [0.3, 0.4) is 0 Å². The number of nitrogen functional groups attached to an aromatic ring is 1. The van der Waals surface area contributed by atoms with Crippen LogP contribution in [0.15, 0.2) is 29.8 Å². The van der Waals surface area contributed by atoms with Crippen LogP contribution < -0.4 is 15.8 Å². The van der Waals surface area contributed by atoms with Crippen molar-refractivity contribution in [1.82, 2.24) is 4.90 Å². The molecule has 10 heteroatoms. The van der Waals surface area contributed by atoms with Crippen LogP contribution in [-0.4, -0.2) is 37.0 Å². The van der Waals surface area contributed by atoms with E-state index in [1.54, 1.807) is 4.90 Å². The molecule has 0 fully saturated rings. The molecule has 1 heterocycles. The molecule has 3 N–H and O–H groups in total. The molecule has 2 aliphatic rings. The summed E-state index contributed by atoms with van der Waals surface area (Å²) in [6.45, 7) is 0. The number of carboxylic acid groups (broad SMARTS) is 1. The lowest BCUT2D eigenvalue weighted by Crippen LogP contribution is -2.37. The van der Waals surface area contributed by atoms with E-state index in [0.29, 0.717) is 23.3 Å². The highest BCUT2D eigenvalue weighted by Crippen LogP contribution is 2.46. The molecule has 2 unspecified atom stereocenters. The van der Waals surface area contributed by atoms with Crippen molar-refractivity contribution in [2.45, 2.75) is 45.2 Å². The highest BCUT2D eigenvalue weighted by Gasteiger charge is 2.37. The van der Waals surface area contributed by atoms with Crippen LogP contribution in [0.4, 0.5) is 18.9 Å². The number of nitrogens with one attached hydrogen (secondary N) is 1. The molecule has 0 spiro atoms. The number of fused-ring (bicyclic) bond motifs is 5. The Morgan fingerprint density at radius 3 is 2.48 bits per heavy atom. The standard InChI is InChI=1S/C20H22ClN3O.C2HF3O2.CH4/c1-24(2)18(25)9-12-5-11-6-13(7-12)19-17(8-11)23-16-10-14(21)3-4-15(16)20(19)22;3-2(4,5)1(6)7;/h3-5,10-11,13H,6-9H2,1-2H3,(H2,22,23);(H,6,7);1H4. The highest BCUT2D eigenvalue weighted by atomic mass is 35.5. The second kappa shape index (κ2) is 9.99. The van der Waals surface area contributed by atoms with Crippen LogP contribution in [-0.2, 0) is 16.0 Å². The number of hydrogen-bond acceptors (Lipinski definition) is 4. The Balaban J connectivity index is 0.000000423. The molecule has 1 aromatic heterocycles. The van der Waals surface area contributed by atoms with Gasteiger partial charge in [-0.15, -0.1) is 0 Å². The Hall–Kier alpha value is -2.81. The number of amides is 1. The van der Waals surface area contributed by atoms with Crippen molar-refractivity contribution in [3.63, 3.8) is 0 Å². The molecule has 2 aliphatic carbocycles. The van der Waals surface area contributed by atoms with E-state index >= 15 is 0 Å². The van der Waals surface area contributed by atoms with Crippen LogP contribution in [0, 0.1) is 5.92 Å². The fraction of sp³-hybridized carbons (Fsp3) is 0.435. The van der Waals surface area contributed by atoms with E-state index in [9.17, 15) is 18.0 Å². The Kier molecular flexibility index (Phi) is 8.00. The lowest BCUT2D eigenvalue weighted by atomic mass is 9.70. The zero-order valence-corrected chi connectivity index (χ0v) is 18.3. The third kappa shape index (κ3) is 5.96. The fourth-order valence-corrected chi connectivity index (χ4v) is 4.53. The van der Waals surface area contributed by atoms with E-state index < -0.39 is 12.1 Å². The van der Waals surface area contributed by atoms with E-state index in [1.807, 2.05) is 32.3 Å². The number of carbonyl (C=O) groups is 2. The van der Waals surface area contributed by atoms with Gasteiger partial charge in [-0.3, -0.25) is 4.79 Å². The maximum Gasteiger partial charge on any atom is 0.430 e. The van der Waals surface area contributed by atoms with Gasteiger partial charge >= 0.3 is 6.18 Å². The van der Waals surface area contributed by atoms with Crippen molar-refractivity contribution in [2.24, 2.45) is 5.92 Å². The van der Waals surface area contributed by atoms with Gasteiger partial charge in [-0.25, -0.2) is 4.98 Å². The zero-order valence-electron chi connectivity index (χ0n) is 17.6. The number of aromatic amines is 1. The molecule has 0 saturated carbocycles. The van der Waals surface area contributed by atoms with E-state index in [0.717, 1.165) is 35.9 Å². The maximum atomic E-state index is 12.1. The molecule has 6 nitrogen and oxygen atoms in total. The first-order valence-electron chi connectivity index (χ1n) is 9.97. The second-order valence-electron chi connectivity index (χ2n) is 8.30. The number of carboxylic acids is 1. The zero-order chi connectivity index (χ0) is 23.8. The topological polar surface area (TPSA) is 101 Å². The molecule has 180 valence electrons. The summed E-state index contributed by atoms with van der Waals surface area (Å²) in [5.41, 5.74) is 12.1. The first-order chi connectivity index (χ1) is 14.9. The van der Waals surface area contributed by atoms with Gasteiger partial charge in [0.05, 0.1) is 11.1 Å². The van der Waals surface area contributed by atoms with E-state index in [4.69, 9.17) is 27.2 Å². The molecule has 2 bridgehead atoms. The Morgan fingerprint density at radius 2 is 1.91 bits per heavy atom. The van der Waals surface area contributed by atoms with Gasteiger partial charge in [0, 0.05) is 43.6 Å². The summed E-state index contributed by atoms with van der Waals surface area (Å²) in [7, 11) is 3.62. The number of hydrogen-bond donors (Lipinski definition) is 1. The molecule has 0 aliphatic heterocycles. The smallest absolute Gasteiger partial charge is 0.430 e. The SMILES string of the molecule is C.CN(C)C(=O)CC1=CC2Cc3[nH+]c4cc(Cl)ccc4c(N)c3C(C1)C2.O=C([O-])C(F)(F)F. The van der Waals surface area contributed by atoms with Crippen molar-refractivity contribution >= 4 is 40.1 Å². The van der Waals surface area contributed by atoms with Gasteiger partial charge in [-0.05, 0) is 36.8 Å². The summed E-state index contributed by atoms with van der Waals surface area (Å²) < 4.78 is 31.5. The average molecular weight is 486 g/mol. The maximum absolute atomic E-state index is 12.1. The number of halogens is 4. The molecule has 4 rings (SSSR count). The van der Waals surface area contributed by atoms with Crippen molar-refractivity contribution in [2.75, 3.05) is 19.8 Å². The molecule has 0 saturated heterocycles. The first kappa shape index (κ1) is 26.4. The molecule has 1 amide bonds. The summed E-state index contributed by atoms with van der Waals surface area (Å²) >= 11 is 6.14. The van der Waals surface area contributed by atoms with Crippen LogP contribution in [0.1, 0.15) is 43.9 Å². The monoisotopic (exact) mass is 485 g/mol. The van der Waals surface area contributed by atoms with Gasteiger partial charge in [0.2, 0.25) is 11.4 Å². The van der Waals surface area contributed by atoms with Crippen LogP contribution in [0.25, 0.3) is 10.9 Å². The number of rotatable bonds is 2. The number of carbonyl (C=O) groups excluding carboxylic acids is 2. The van der Waals surface area contributed by atoms with E-state index in [2.05, 4.69) is 11.1 Å². The Labute approximate surface area is 195 Å². The highest BCUT2D eigenvalue weighted by molar-refractivity contribution is 6.31. The molecule has 0 radical (unpaired) electrons. The van der Waals surface area contributed by atoms with Gasteiger partial charge in [-0.2, -0.15) is 13.2 Å². The number of nitrogens with two attached hydrogens (primary N) is 1. The molecule has 2 aromatic rings. The van der Waals surface area contributed by atoms with Crippen molar-refractivity contribution in [1.29, 1.82) is 0 Å². The second-order valence-corrected chi connectivity index (χ2v) is 8.73. The minimum Gasteiger partial charge on any atom is -0.542 e. The first-order valence-corrected chi connectivity index (χ1v) is 10.3. The number of aliphatic carboxylic acids is 1. The minimum absolute atomic E-state index is 0. The van der Waals surface area contributed by atoms with Gasteiger partial charge < -0.3 is 20.5 Å². The number of pyridine rings is 1. The Bertz CT molecular complexity index is 1100. The molecular weight excluding hydrogens is 459 g/mol. The predicted octanol–water partition coefficient (Wildman–Crippen LogP) is 3.28. The number of anilines is 1. The lowest BCUT2D eigenvalue weighted by Gasteiger charge is -2.34. The number of aromatic nitrogens is 1. The quantitative estimate of drug-likeness (QED) is 0.659. The summed E-state index contributed by atoms with van der Waals surface area (Å²) in [4.78, 5) is 26.1. The van der Waals surface area contributed by atoms with Crippen LogP contribution >= 0.6 is 11.6 Å². The van der Waals surface area contributed by atoms with Crippen molar-refractivity contribution in [3.8, 4) is 0 Å². The number of benzene rings is 1. The van der Waals surface area contributed by atoms with Gasteiger partial charge in [0.25, 0.3) is 0 Å². The summed E-state index contributed by atoms with van der Waals surface area (Å²) in [6, 6.07) is 5.81. The molecule has 1 aromatic carbocycles. The third-order valence-electron chi connectivity index (χ3n) is 5.72. The van der Waals surface area contributed by atoms with Gasteiger partial charge in [0.15, 0.2) is 5.69 Å². The molecular formula is C23H27ClF3N3O3. The summed E-state index contributed by atoms with van der Waals surface area (Å²) in [6.07, 6.45) is 0.608. The van der Waals surface area contributed by atoms with Crippen LogP contribution in [0.2, 0.25) is 5.02 Å². The van der Waals surface area contributed by atoms with Crippen LogP contribution in [0.5, 0.6) is 0 Å². The summed E-state index contributed by atoms with van der Waals surface area (Å²) in [5.74, 6) is -1.98. The number of H-pyrrole nitrogens is 1. The van der Waals surface area contributed by atoms with E-state index in [-0.39, 0.29) is 13.3 Å². The largest absolute Gasteiger partial charge is 0.542 e.